The molecule has 0 saturated heterocycles. The predicted molar refractivity (Wildman–Crippen MR) is 36.6 cm³/mol. The summed E-state index contributed by atoms with van der Waals surface area (Å²) in [6.07, 6.45) is 5.33. The Balaban J connectivity index is 2.86. The van der Waals surface area contributed by atoms with Crippen molar-refractivity contribution in [2.45, 2.75) is 6.92 Å². The van der Waals surface area contributed by atoms with Crippen molar-refractivity contribution in [3.05, 3.63) is 30.2 Å². The Labute approximate surface area is 58.3 Å². The van der Waals surface area contributed by atoms with Crippen molar-refractivity contribution < 1.29 is 0 Å². The molecule has 2 aromatic heterocycles. The summed E-state index contributed by atoms with van der Waals surface area (Å²) in [5.41, 5.74) is 1.87. The van der Waals surface area contributed by atoms with Crippen LogP contribution in [0.3, 0.4) is 0 Å². The Bertz CT molecular complexity index is 350. The molecule has 0 N–H and O–H groups in total. The lowest BCUT2D eigenvalue weighted by molar-refractivity contribution is 0.928. The Morgan fingerprint density at radius 3 is 3.40 bits per heavy atom. The first-order chi connectivity index (χ1) is 4.86. The lowest BCUT2D eigenvalue weighted by Crippen LogP contribution is -1.89. The average Bonchev–Trinajstić information content (AvgIpc) is 2.33. The summed E-state index contributed by atoms with van der Waals surface area (Å²) in [6, 6.07) is 2.89. The number of hydrogen-bond acceptors (Lipinski definition) is 2. The third-order valence-corrected chi connectivity index (χ3v) is 1.31. The second kappa shape index (κ2) is 1.80. The van der Waals surface area contributed by atoms with Gasteiger partial charge in [-0.05, 0) is 12.5 Å². The van der Waals surface area contributed by atoms with Crippen LogP contribution >= 0.6 is 0 Å². The highest BCUT2D eigenvalue weighted by Gasteiger charge is 1.92. The molecule has 0 aliphatic heterocycles. The van der Waals surface area contributed by atoms with Crippen molar-refractivity contribution in [2.75, 3.05) is 0 Å². The van der Waals surface area contributed by atoms with Crippen LogP contribution in [0.15, 0.2) is 18.6 Å². The number of rotatable bonds is 0. The lowest BCUT2D eigenvalue weighted by Gasteiger charge is -1.91. The molecule has 0 aliphatic rings. The van der Waals surface area contributed by atoms with Crippen molar-refractivity contribution >= 4 is 5.65 Å². The highest BCUT2D eigenvalue weighted by molar-refractivity contribution is 5.33. The highest BCUT2D eigenvalue weighted by atomic mass is 15.2. The number of fused-ring (bicyclic) bond motifs is 1. The Hall–Kier alpha value is -1.38. The van der Waals surface area contributed by atoms with Crippen LogP contribution in [0.5, 0.6) is 0 Å². The molecule has 10 heavy (non-hydrogen) atoms. The van der Waals surface area contributed by atoms with Crippen LogP contribution in [0, 0.1) is 13.0 Å². The largest absolute Gasteiger partial charge is 0.236 e. The number of aryl methyl sites for hydroxylation is 1. The molecular weight excluding hydrogens is 126 g/mol. The molecule has 2 heterocycles. The van der Waals surface area contributed by atoms with E-state index in [1.807, 2.05) is 13.1 Å². The summed E-state index contributed by atoms with van der Waals surface area (Å²) < 4.78 is 1.70. The van der Waals surface area contributed by atoms with E-state index in [4.69, 9.17) is 0 Å². The van der Waals surface area contributed by atoms with Crippen molar-refractivity contribution in [3.8, 4) is 0 Å². The standard InChI is InChI=1S/C7H6N3/c1-6-4-8-7-2-3-9-10(7)5-6/h3-5H,1H3. The minimum Gasteiger partial charge on any atom is -0.236 e. The minimum absolute atomic E-state index is 0.769. The van der Waals surface area contributed by atoms with Gasteiger partial charge in [-0.1, -0.05) is 0 Å². The minimum atomic E-state index is 0.769. The van der Waals surface area contributed by atoms with Crippen LogP contribution < -0.4 is 0 Å². The number of hydrogen-bond donors (Lipinski definition) is 0. The van der Waals surface area contributed by atoms with Gasteiger partial charge < -0.3 is 0 Å². The van der Waals surface area contributed by atoms with Gasteiger partial charge in [0.25, 0.3) is 0 Å². The van der Waals surface area contributed by atoms with Crippen molar-refractivity contribution in [1.29, 1.82) is 0 Å². The van der Waals surface area contributed by atoms with Crippen LogP contribution in [-0.2, 0) is 0 Å². The molecule has 49 valence electrons. The summed E-state index contributed by atoms with van der Waals surface area (Å²) in [6.45, 7) is 1.98. The van der Waals surface area contributed by atoms with E-state index in [1.54, 1.807) is 16.9 Å². The normalized spacial score (nSPS) is 10.5. The Morgan fingerprint density at radius 1 is 1.60 bits per heavy atom. The van der Waals surface area contributed by atoms with Crippen LogP contribution in [0.4, 0.5) is 0 Å². The van der Waals surface area contributed by atoms with Crippen molar-refractivity contribution in [1.82, 2.24) is 14.6 Å². The van der Waals surface area contributed by atoms with E-state index >= 15 is 0 Å². The van der Waals surface area contributed by atoms with Gasteiger partial charge in [-0.15, -0.1) is 0 Å². The maximum atomic E-state index is 4.09. The molecule has 0 aromatic carbocycles. The fourth-order valence-corrected chi connectivity index (χ4v) is 0.850. The van der Waals surface area contributed by atoms with Crippen LogP contribution in [0.2, 0.25) is 0 Å². The average molecular weight is 132 g/mol. The maximum absolute atomic E-state index is 4.09. The van der Waals surface area contributed by atoms with E-state index in [0.29, 0.717) is 0 Å². The zero-order chi connectivity index (χ0) is 6.97. The topological polar surface area (TPSA) is 30.2 Å². The van der Waals surface area contributed by atoms with E-state index in [1.165, 1.54) is 0 Å². The fourth-order valence-electron chi connectivity index (χ4n) is 0.850. The van der Waals surface area contributed by atoms with Gasteiger partial charge in [0, 0.05) is 12.4 Å². The maximum Gasteiger partial charge on any atom is 0.162 e. The Morgan fingerprint density at radius 2 is 2.50 bits per heavy atom. The lowest BCUT2D eigenvalue weighted by atomic mass is 10.4. The van der Waals surface area contributed by atoms with Crippen molar-refractivity contribution in [3.63, 3.8) is 0 Å². The van der Waals surface area contributed by atoms with Gasteiger partial charge in [-0.25, -0.2) is 9.50 Å². The van der Waals surface area contributed by atoms with Gasteiger partial charge in [0.1, 0.15) is 0 Å². The zero-order valence-electron chi connectivity index (χ0n) is 5.57. The molecule has 0 saturated carbocycles. The Kier molecular flexibility index (Phi) is 0.974. The van der Waals surface area contributed by atoms with Gasteiger partial charge in [0.15, 0.2) is 5.65 Å². The van der Waals surface area contributed by atoms with E-state index in [-0.39, 0.29) is 0 Å². The second-order valence-corrected chi connectivity index (χ2v) is 2.19. The van der Waals surface area contributed by atoms with Gasteiger partial charge in [-0.3, -0.25) is 0 Å². The summed E-state index contributed by atoms with van der Waals surface area (Å²) in [7, 11) is 0. The van der Waals surface area contributed by atoms with E-state index in [2.05, 4.69) is 16.1 Å². The first-order valence-electron chi connectivity index (χ1n) is 3.04. The molecule has 0 bridgehead atoms. The monoisotopic (exact) mass is 132 g/mol. The fraction of sp³-hybridized carbons (Fsp3) is 0.143. The molecule has 0 atom stereocenters. The third kappa shape index (κ3) is 0.673. The zero-order valence-corrected chi connectivity index (χ0v) is 5.57. The first kappa shape index (κ1) is 5.41. The number of nitrogens with zero attached hydrogens (tertiary/aromatic N) is 3. The summed E-state index contributed by atoms with van der Waals surface area (Å²) in [4.78, 5) is 4.09. The highest BCUT2D eigenvalue weighted by Crippen LogP contribution is 1.97. The first-order valence-corrected chi connectivity index (χ1v) is 3.04. The molecule has 0 fully saturated rings. The van der Waals surface area contributed by atoms with Crippen LogP contribution in [0.25, 0.3) is 5.65 Å². The second-order valence-electron chi connectivity index (χ2n) is 2.19. The number of aromatic nitrogens is 3. The molecule has 0 amide bonds. The SMILES string of the molecule is Cc1cnc2[c]cnn2c1. The van der Waals surface area contributed by atoms with Crippen molar-refractivity contribution in [2.24, 2.45) is 0 Å². The summed E-state index contributed by atoms with van der Waals surface area (Å²) >= 11 is 0. The molecule has 2 aromatic rings. The van der Waals surface area contributed by atoms with Crippen LogP contribution in [-0.4, -0.2) is 14.6 Å². The quantitative estimate of drug-likeness (QED) is 0.531. The van der Waals surface area contributed by atoms with E-state index in [0.717, 1.165) is 11.2 Å². The molecule has 3 heteroatoms. The molecular formula is C7H6N3. The molecule has 1 radical (unpaired) electrons. The van der Waals surface area contributed by atoms with Gasteiger partial charge in [0.05, 0.1) is 12.3 Å². The predicted octanol–water partition coefficient (Wildman–Crippen LogP) is 0.838. The third-order valence-electron chi connectivity index (χ3n) is 1.31. The van der Waals surface area contributed by atoms with Gasteiger partial charge in [0.2, 0.25) is 0 Å². The van der Waals surface area contributed by atoms with E-state index < -0.39 is 0 Å². The van der Waals surface area contributed by atoms with E-state index in [9.17, 15) is 0 Å². The van der Waals surface area contributed by atoms with Gasteiger partial charge in [-0.2, -0.15) is 5.10 Å². The van der Waals surface area contributed by atoms with Gasteiger partial charge >= 0.3 is 0 Å². The molecule has 3 nitrogen and oxygen atoms in total. The molecule has 0 spiro atoms. The summed E-state index contributed by atoms with van der Waals surface area (Å²) in [5, 5.41) is 3.98. The molecule has 0 unspecified atom stereocenters. The van der Waals surface area contributed by atoms with Crippen LogP contribution in [0.1, 0.15) is 5.56 Å². The summed E-state index contributed by atoms with van der Waals surface area (Å²) in [5.74, 6) is 0. The molecule has 2 rings (SSSR count). The smallest absolute Gasteiger partial charge is 0.162 e. The molecule has 0 aliphatic carbocycles.